The van der Waals surface area contributed by atoms with Crippen LogP contribution < -0.4 is 15.4 Å². The lowest BCUT2D eigenvalue weighted by molar-refractivity contribution is 0.247. The number of anilines is 1. The third-order valence-electron chi connectivity index (χ3n) is 3.20. The number of urea groups is 1. The molecule has 2 N–H and O–H groups in total. The number of rotatable bonds is 9. The second kappa shape index (κ2) is 10.0. The third-order valence-corrected chi connectivity index (χ3v) is 3.20. The molecule has 0 atom stereocenters. The van der Waals surface area contributed by atoms with Gasteiger partial charge in [-0.3, -0.25) is 0 Å². The van der Waals surface area contributed by atoms with E-state index < -0.39 is 0 Å². The van der Waals surface area contributed by atoms with Gasteiger partial charge in [-0.25, -0.2) is 4.79 Å². The maximum atomic E-state index is 11.9. The molecule has 1 rings (SSSR count). The van der Waals surface area contributed by atoms with E-state index in [1.165, 1.54) is 0 Å². The second-order valence-corrected chi connectivity index (χ2v) is 4.75. The fourth-order valence-electron chi connectivity index (χ4n) is 1.94. The van der Waals surface area contributed by atoms with E-state index in [0.717, 1.165) is 26.1 Å². The van der Waals surface area contributed by atoms with Crippen molar-refractivity contribution in [3.63, 3.8) is 0 Å². The van der Waals surface area contributed by atoms with E-state index in [9.17, 15) is 4.79 Å². The second-order valence-electron chi connectivity index (χ2n) is 4.75. The molecule has 1 aromatic rings. The van der Waals surface area contributed by atoms with Crippen molar-refractivity contribution in [1.82, 2.24) is 10.2 Å². The van der Waals surface area contributed by atoms with Gasteiger partial charge in [0, 0.05) is 13.1 Å². The zero-order chi connectivity index (χ0) is 15.5. The Morgan fingerprint density at radius 2 is 1.90 bits per heavy atom. The summed E-state index contributed by atoms with van der Waals surface area (Å²) in [5, 5.41) is 5.70. The highest BCUT2D eigenvalue weighted by molar-refractivity contribution is 5.90. The maximum Gasteiger partial charge on any atom is 0.319 e. The van der Waals surface area contributed by atoms with Gasteiger partial charge in [0.1, 0.15) is 5.75 Å². The number of carbonyl (C=O) groups is 1. The summed E-state index contributed by atoms with van der Waals surface area (Å²) in [5.41, 5.74) is 0.700. The van der Waals surface area contributed by atoms with E-state index in [-0.39, 0.29) is 6.03 Å². The van der Waals surface area contributed by atoms with E-state index >= 15 is 0 Å². The Hall–Kier alpha value is -1.75. The van der Waals surface area contributed by atoms with Gasteiger partial charge in [0.25, 0.3) is 0 Å². The molecule has 0 bridgehead atoms. The predicted molar refractivity (Wildman–Crippen MR) is 87.0 cm³/mol. The van der Waals surface area contributed by atoms with Crippen LogP contribution in [0.5, 0.6) is 5.75 Å². The summed E-state index contributed by atoms with van der Waals surface area (Å²) in [5.74, 6) is 0.707. The van der Waals surface area contributed by atoms with Crippen LogP contribution in [0.25, 0.3) is 0 Å². The number of likely N-dealkylation sites (N-methyl/N-ethyl adjacent to an activating group) is 1. The molecule has 0 spiro atoms. The van der Waals surface area contributed by atoms with E-state index in [4.69, 9.17) is 4.74 Å². The van der Waals surface area contributed by atoms with Crippen molar-refractivity contribution in [2.75, 3.05) is 38.1 Å². The summed E-state index contributed by atoms with van der Waals surface area (Å²) >= 11 is 0. The Bertz CT molecular complexity index is 420. The molecular formula is C16H27N3O2. The fourth-order valence-corrected chi connectivity index (χ4v) is 1.94. The van der Waals surface area contributed by atoms with Gasteiger partial charge in [-0.05, 0) is 31.6 Å². The highest BCUT2D eigenvalue weighted by Crippen LogP contribution is 2.23. The normalized spacial score (nSPS) is 10.5. The molecule has 5 nitrogen and oxygen atoms in total. The van der Waals surface area contributed by atoms with Crippen molar-refractivity contribution in [2.45, 2.75) is 27.2 Å². The standard InChI is InChI=1S/C16H27N3O2/c1-4-13-21-15-10-8-7-9-14(15)18-16(20)17-11-12-19(5-2)6-3/h7-10H,4-6,11-13H2,1-3H3,(H2,17,18,20). The molecule has 0 aliphatic rings. The number of nitrogens with one attached hydrogen (secondary N) is 2. The summed E-state index contributed by atoms with van der Waals surface area (Å²) in [6.07, 6.45) is 0.935. The Morgan fingerprint density at radius 1 is 1.19 bits per heavy atom. The maximum absolute atomic E-state index is 11.9. The number of ether oxygens (including phenoxy) is 1. The van der Waals surface area contributed by atoms with Crippen molar-refractivity contribution < 1.29 is 9.53 Å². The van der Waals surface area contributed by atoms with E-state index in [2.05, 4.69) is 36.3 Å². The third kappa shape index (κ3) is 6.49. The van der Waals surface area contributed by atoms with Crippen LogP contribution in [0.4, 0.5) is 10.5 Å². The highest BCUT2D eigenvalue weighted by atomic mass is 16.5. The van der Waals surface area contributed by atoms with Gasteiger partial charge < -0.3 is 20.3 Å². The molecule has 0 radical (unpaired) electrons. The minimum Gasteiger partial charge on any atom is -0.491 e. The Morgan fingerprint density at radius 3 is 2.57 bits per heavy atom. The quantitative estimate of drug-likeness (QED) is 0.736. The molecule has 1 aromatic carbocycles. The number of hydrogen-bond acceptors (Lipinski definition) is 3. The predicted octanol–water partition coefficient (Wildman–Crippen LogP) is 2.94. The Labute approximate surface area is 127 Å². The summed E-state index contributed by atoms with van der Waals surface area (Å²) in [7, 11) is 0. The van der Waals surface area contributed by atoms with E-state index in [1.807, 2.05) is 24.3 Å². The summed E-state index contributed by atoms with van der Waals surface area (Å²) in [6.45, 7) is 10.4. The molecule has 0 saturated heterocycles. The zero-order valence-corrected chi connectivity index (χ0v) is 13.3. The molecule has 21 heavy (non-hydrogen) atoms. The lowest BCUT2D eigenvalue weighted by atomic mass is 10.3. The monoisotopic (exact) mass is 293 g/mol. The molecule has 118 valence electrons. The van der Waals surface area contributed by atoms with Crippen LogP contribution in [-0.2, 0) is 0 Å². The minimum absolute atomic E-state index is 0.199. The Kier molecular flexibility index (Phi) is 8.28. The van der Waals surface area contributed by atoms with Crippen LogP contribution in [0.15, 0.2) is 24.3 Å². The average molecular weight is 293 g/mol. The first-order valence-corrected chi connectivity index (χ1v) is 7.70. The van der Waals surface area contributed by atoms with Crippen LogP contribution in [0.2, 0.25) is 0 Å². The first-order chi connectivity index (χ1) is 10.2. The number of nitrogens with zero attached hydrogens (tertiary/aromatic N) is 1. The SMILES string of the molecule is CCCOc1ccccc1NC(=O)NCCN(CC)CC. The molecule has 0 aliphatic carbocycles. The van der Waals surface area contributed by atoms with Crippen molar-refractivity contribution in [2.24, 2.45) is 0 Å². The Balaban J connectivity index is 2.43. The van der Waals surface area contributed by atoms with Crippen LogP contribution in [0.1, 0.15) is 27.2 Å². The number of para-hydroxylation sites is 2. The van der Waals surface area contributed by atoms with Gasteiger partial charge in [-0.1, -0.05) is 32.9 Å². The molecule has 5 heteroatoms. The van der Waals surface area contributed by atoms with Gasteiger partial charge in [-0.2, -0.15) is 0 Å². The van der Waals surface area contributed by atoms with Gasteiger partial charge in [0.15, 0.2) is 0 Å². The highest BCUT2D eigenvalue weighted by Gasteiger charge is 2.07. The smallest absolute Gasteiger partial charge is 0.319 e. The minimum atomic E-state index is -0.199. The number of amides is 2. The molecule has 0 aromatic heterocycles. The van der Waals surface area contributed by atoms with Crippen LogP contribution in [0.3, 0.4) is 0 Å². The lowest BCUT2D eigenvalue weighted by Crippen LogP contribution is -2.36. The average Bonchev–Trinajstić information content (AvgIpc) is 2.51. The number of carbonyl (C=O) groups excluding carboxylic acids is 1. The number of hydrogen-bond donors (Lipinski definition) is 2. The summed E-state index contributed by atoms with van der Waals surface area (Å²) in [6, 6.07) is 7.28. The molecule has 0 aliphatic heterocycles. The topological polar surface area (TPSA) is 53.6 Å². The van der Waals surface area contributed by atoms with Crippen molar-refractivity contribution in [3.8, 4) is 5.75 Å². The molecule has 0 saturated carbocycles. The first-order valence-electron chi connectivity index (χ1n) is 7.70. The van der Waals surface area contributed by atoms with Gasteiger partial charge in [0.05, 0.1) is 12.3 Å². The van der Waals surface area contributed by atoms with Crippen molar-refractivity contribution >= 4 is 11.7 Å². The number of benzene rings is 1. The van der Waals surface area contributed by atoms with Crippen molar-refractivity contribution in [3.05, 3.63) is 24.3 Å². The molecule has 0 heterocycles. The van der Waals surface area contributed by atoms with E-state index in [1.54, 1.807) is 0 Å². The van der Waals surface area contributed by atoms with Gasteiger partial charge >= 0.3 is 6.03 Å². The first kappa shape index (κ1) is 17.3. The molecule has 2 amide bonds. The summed E-state index contributed by atoms with van der Waals surface area (Å²) in [4.78, 5) is 14.2. The molecule has 0 unspecified atom stereocenters. The molecule has 0 fully saturated rings. The van der Waals surface area contributed by atoms with E-state index in [0.29, 0.717) is 24.6 Å². The van der Waals surface area contributed by atoms with Gasteiger partial charge in [-0.15, -0.1) is 0 Å². The summed E-state index contributed by atoms with van der Waals surface area (Å²) < 4.78 is 5.61. The van der Waals surface area contributed by atoms with Crippen LogP contribution in [0, 0.1) is 0 Å². The van der Waals surface area contributed by atoms with Crippen molar-refractivity contribution in [1.29, 1.82) is 0 Å². The molecular weight excluding hydrogens is 266 g/mol. The zero-order valence-electron chi connectivity index (χ0n) is 13.3. The van der Waals surface area contributed by atoms with Gasteiger partial charge in [0.2, 0.25) is 0 Å². The largest absolute Gasteiger partial charge is 0.491 e. The van der Waals surface area contributed by atoms with Crippen LogP contribution >= 0.6 is 0 Å². The van der Waals surface area contributed by atoms with Crippen LogP contribution in [-0.4, -0.2) is 43.7 Å². The fraction of sp³-hybridized carbons (Fsp3) is 0.562. The lowest BCUT2D eigenvalue weighted by Gasteiger charge is -2.18.